The lowest BCUT2D eigenvalue weighted by atomic mass is 10.0. The zero-order valence-electron chi connectivity index (χ0n) is 11.6. The maximum atomic E-state index is 13.5. The maximum absolute atomic E-state index is 13.5. The molecule has 6 heteroatoms. The van der Waals surface area contributed by atoms with Crippen LogP contribution in [0.1, 0.15) is 24.2 Å². The second-order valence-electron chi connectivity index (χ2n) is 5.05. The van der Waals surface area contributed by atoms with Crippen molar-refractivity contribution in [2.45, 2.75) is 19.9 Å². The highest BCUT2D eigenvalue weighted by molar-refractivity contribution is 5.94. The molecular weight excluding hydrogens is 252 g/mol. The van der Waals surface area contributed by atoms with Crippen LogP contribution in [0, 0.1) is 17.7 Å². The number of carbonyl (C=O) groups excluding carboxylic acids is 1. The molecule has 0 radical (unpaired) electrons. The average Bonchev–Trinajstić information content (AvgIpc) is 2.31. The van der Waals surface area contributed by atoms with Gasteiger partial charge in [-0.2, -0.15) is 4.39 Å². The lowest BCUT2D eigenvalue weighted by Gasteiger charge is -2.25. The Kier molecular flexibility index (Phi) is 5.35. The molecule has 4 nitrogen and oxygen atoms in total. The molecule has 0 spiro atoms. The van der Waals surface area contributed by atoms with Gasteiger partial charge >= 0.3 is 0 Å². The van der Waals surface area contributed by atoms with Crippen LogP contribution in [0.15, 0.2) is 12.3 Å². The highest BCUT2D eigenvalue weighted by Crippen LogP contribution is 2.10. The summed E-state index contributed by atoms with van der Waals surface area (Å²) in [4.78, 5) is 17.0. The van der Waals surface area contributed by atoms with Crippen LogP contribution in [0.5, 0.6) is 0 Å². The van der Waals surface area contributed by atoms with E-state index in [-0.39, 0.29) is 17.5 Å². The Hall–Kier alpha value is -1.56. The van der Waals surface area contributed by atoms with Gasteiger partial charge in [0, 0.05) is 18.8 Å². The van der Waals surface area contributed by atoms with Gasteiger partial charge in [-0.25, -0.2) is 9.37 Å². The van der Waals surface area contributed by atoms with Gasteiger partial charge in [-0.05, 0) is 26.1 Å². The Morgan fingerprint density at radius 3 is 2.58 bits per heavy atom. The molecule has 1 rings (SSSR count). The third kappa shape index (κ3) is 4.24. The van der Waals surface area contributed by atoms with Crippen molar-refractivity contribution in [2.75, 3.05) is 20.6 Å². The Morgan fingerprint density at radius 2 is 2.05 bits per heavy atom. The van der Waals surface area contributed by atoms with E-state index in [1.807, 2.05) is 32.8 Å². The third-order valence-corrected chi connectivity index (χ3v) is 2.77. The molecule has 1 atom stereocenters. The summed E-state index contributed by atoms with van der Waals surface area (Å²) < 4.78 is 26.4. The van der Waals surface area contributed by atoms with Gasteiger partial charge in [0.15, 0.2) is 5.82 Å². The van der Waals surface area contributed by atoms with E-state index < -0.39 is 17.7 Å². The van der Waals surface area contributed by atoms with Crippen LogP contribution in [0.2, 0.25) is 0 Å². The molecule has 0 fully saturated rings. The number of hydrogen-bond acceptors (Lipinski definition) is 3. The first-order chi connectivity index (χ1) is 8.82. The number of amides is 1. The molecule has 1 aromatic rings. The first-order valence-electron chi connectivity index (χ1n) is 6.08. The predicted octanol–water partition coefficient (Wildman–Crippen LogP) is 1.68. The Labute approximate surface area is 111 Å². The molecule has 0 aliphatic heterocycles. The Morgan fingerprint density at radius 1 is 1.42 bits per heavy atom. The van der Waals surface area contributed by atoms with E-state index in [2.05, 4.69) is 10.3 Å². The van der Waals surface area contributed by atoms with E-state index >= 15 is 0 Å². The molecule has 1 N–H and O–H groups in total. The number of rotatable bonds is 5. The minimum absolute atomic E-state index is 0.141. The van der Waals surface area contributed by atoms with Crippen molar-refractivity contribution >= 4 is 5.91 Å². The van der Waals surface area contributed by atoms with Gasteiger partial charge in [-0.1, -0.05) is 13.8 Å². The van der Waals surface area contributed by atoms with Crippen molar-refractivity contribution in [3.8, 4) is 0 Å². The number of likely N-dealkylation sites (N-methyl/N-ethyl adjacent to an activating group) is 1. The summed E-state index contributed by atoms with van der Waals surface area (Å²) in [6.45, 7) is 4.54. The number of nitrogens with zero attached hydrogens (tertiary/aromatic N) is 2. The zero-order valence-corrected chi connectivity index (χ0v) is 11.6. The number of nitrogens with one attached hydrogen (secondary N) is 1. The largest absolute Gasteiger partial charge is 0.348 e. The number of aromatic nitrogens is 1. The average molecular weight is 271 g/mol. The topological polar surface area (TPSA) is 45.2 Å². The van der Waals surface area contributed by atoms with Crippen LogP contribution >= 0.6 is 0 Å². The monoisotopic (exact) mass is 271 g/mol. The maximum Gasteiger partial charge on any atom is 0.254 e. The first kappa shape index (κ1) is 15.5. The van der Waals surface area contributed by atoms with Crippen molar-refractivity contribution in [3.05, 3.63) is 29.6 Å². The van der Waals surface area contributed by atoms with Crippen molar-refractivity contribution < 1.29 is 13.6 Å². The van der Waals surface area contributed by atoms with Crippen molar-refractivity contribution in [2.24, 2.45) is 5.92 Å². The summed E-state index contributed by atoms with van der Waals surface area (Å²) in [7, 11) is 3.77. The van der Waals surface area contributed by atoms with Crippen LogP contribution in [-0.2, 0) is 0 Å². The van der Waals surface area contributed by atoms with Gasteiger partial charge in [0.05, 0.1) is 5.56 Å². The lowest BCUT2D eigenvalue weighted by Crippen LogP contribution is -2.45. The van der Waals surface area contributed by atoms with E-state index in [1.165, 1.54) is 6.07 Å². The molecule has 0 bridgehead atoms. The van der Waals surface area contributed by atoms with E-state index in [1.54, 1.807) is 0 Å². The highest BCUT2D eigenvalue weighted by atomic mass is 19.2. The number of hydrogen-bond donors (Lipinski definition) is 1. The molecule has 1 unspecified atom stereocenters. The number of pyridine rings is 1. The van der Waals surface area contributed by atoms with Gasteiger partial charge < -0.3 is 10.2 Å². The summed E-state index contributed by atoms with van der Waals surface area (Å²) in [5, 5.41) is 2.72. The predicted molar refractivity (Wildman–Crippen MR) is 68.8 cm³/mol. The van der Waals surface area contributed by atoms with Crippen LogP contribution in [0.25, 0.3) is 0 Å². The summed E-state index contributed by atoms with van der Waals surface area (Å²) in [5.41, 5.74) is -0.322. The Bertz CT molecular complexity index is 450. The minimum Gasteiger partial charge on any atom is -0.348 e. The van der Waals surface area contributed by atoms with Crippen LogP contribution < -0.4 is 5.32 Å². The smallest absolute Gasteiger partial charge is 0.254 e. The summed E-state index contributed by atoms with van der Waals surface area (Å²) in [5.74, 6) is -2.92. The molecule has 1 heterocycles. The highest BCUT2D eigenvalue weighted by Gasteiger charge is 2.21. The first-order valence-corrected chi connectivity index (χ1v) is 6.08. The SMILES string of the molecule is CC(C)C(CN(C)C)NC(=O)c1ccnc(F)c1F. The molecule has 0 aliphatic carbocycles. The summed E-state index contributed by atoms with van der Waals surface area (Å²) >= 11 is 0. The van der Waals surface area contributed by atoms with Gasteiger partial charge in [-0.3, -0.25) is 4.79 Å². The molecule has 1 amide bonds. The quantitative estimate of drug-likeness (QED) is 0.829. The summed E-state index contributed by atoms with van der Waals surface area (Å²) in [6.07, 6.45) is 1.07. The molecular formula is C13H19F2N3O. The van der Waals surface area contributed by atoms with Crippen molar-refractivity contribution in [1.29, 1.82) is 0 Å². The molecule has 0 aromatic carbocycles. The normalized spacial score (nSPS) is 12.8. The van der Waals surface area contributed by atoms with Crippen molar-refractivity contribution in [3.63, 3.8) is 0 Å². The van der Waals surface area contributed by atoms with E-state index in [9.17, 15) is 13.6 Å². The third-order valence-electron chi connectivity index (χ3n) is 2.77. The van der Waals surface area contributed by atoms with Gasteiger partial charge in [0.2, 0.25) is 5.95 Å². The van der Waals surface area contributed by atoms with Crippen LogP contribution in [0.4, 0.5) is 8.78 Å². The van der Waals surface area contributed by atoms with Crippen LogP contribution in [0.3, 0.4) is 0 Å². The summed E-state index contributed by atoms with van der Waals surface area (Å²) in [6, 6.07) is 1.03. The molecule has 0 aliphatic rings. The molecule has 19 heavy (non-hydrogen) atoms. The fourth-order valence-electron chi connectivity index (χ4n) is 1.66. The lowest BCUT2D eigenvalue weighted by molar-refractivity contribution is 0.0911. The second-order valence-corrected chi connectivity index (χ2v) is 5.05. The van der Waals surface area contributed by atoms with Crippen LogP contribution in [-0.4, -0.2) is 42.5 Å². The minimum atomic E-state index is -1.26. The van der Waals surface area contributed by atoms with Gasteiger partial charge in [0.25, 0.3) is 5.91 Å². The van der Waals surface area contributed by atoms with Crippen molar-refractivity contribution in [1.82, 2.24) is 15.2 Å². The number of halogens is 2. The molecule has 0 saturated heterocycles. The number of carbonyl (C=O) groups is 1. The Balaban J connectivity index is 2.85. The molecule has 1 aromatic heterocycles. The van der Waals surface area contributed by atoms with Gasteiger partial charge in [0.1, 0.15) is 0 Å². The van der Waals surface area contributed by atoms with Gasteiger partial charge in [-0.15, -0.1) is 0 Å². The molecule has 0 saturated carbocycles. The van der Waals surface area contributed by atoms with E-state index in [4.69, 9.17) is 0 Å². The fraction of sp³-hybridized carbons (Fsp3) is 0.538. The standard InChI is InChI=1S/C13H19F2N3O/c1-8(2)10(7-18(3)4)17-13(19)9-5-6-16-12(15)11(9)14/h5-6,8,10H,7H2,1-4H3,(H,17,19). The van der Waals surface area contributed by atoms with E-state index in [0.717, 1.165) is 6.20 Å². The second kappa shape index (κ2) is 6.56. The molecule has 106 valence electrons. The zero-order chi connectivity index (χ0) is 14.6. The van der Waals surface area contributed by atoms with E-state index in [0.29, 0.717) is 6.54 Å². The fourth-order valence-corrected chi connectivity index (χ4v) is 1.66.